The van der Waals surface area contributed by atoms with Crippen LogP contribution in [0.3, 0.4) is 0 Å². The second-order valence-electron chi connectivity index (χ2n) is 8.31. The maximum Gasteiger partial charge on any atom is 0.237 e. The highest BCUT2D eigenvalue weighted by Crippen LogP contribution is 2.27. The van der Waals surface area contributed by atoms with Gasteiger partial charge in [-0.25, -0.2) is 0 Å². The van der Waals surface area contributed by atoms with E-state index in [9.17, 15) is 9.59 Å². The van der Waals surface area contributed by atoms with Gasteiger partial charge in [0, 0.05) is 31.7 Å². The van der Waals surface area contributed by atoms with Crippen LogP contribution in [0.1, 0.15) is 34.9 Å². The van der Waals surface area contributed by atoms with E-state index < -0.39 is 6.04 Å². The predicted octanol–water partition coefficient (Wildman–Crippen LogP) is 2.42. The number of benzene rings is 2. The molecule has 2 heterocycles. The molecule has 3 aromatic rings. The second-order valence-corrected chi connectivity index (χ2v) is 8.31. The summed E-state index contributed by atoms with van der Waals surface area (Å²) in [4.78, 5) is 36.1. The molecule has 0 saturated carbocycles. The van der Waals surface area contributed by atoms with Crippen molar-refractivity contribution in [3.63, 3.8) is 0 Å². The zero-order valence-corrected chi connectivity index (χ0v) is 18.8. The summed E-state index contributed by atoms with van der Waals surface area (Å²) in [6, 6.07) is 20.1. The fraction of sp³-hybridized carbons (Fsp3) is 0.308. The Bertz CT molecular complexity index is 1020. The molecule has 1 saturated heterocycles. The van der Waals surface area contributed by atoms with Gasteiger partial charge in [-0.1, -0.05) is 60.7 Å². The molecule has 1 aliphatic heterocycles. The van der Waals surface area contributed by atoms with Crippen LogP contribution < -0.4 is 10.6 Å². The highest BCUT2D eigenvalue weighted by atomic mass is 16.2. The lowest BCUT2D eigenvalue weighted by atomic mass is 9.90. The predicted molar refractivity (Wildman–Crippen MR) is 126 cm³/mol. The summed E-state index contributed by atoms with van der Waals surface area (Å²) in [6.07, 6.45) is 3.42. The highest BCUT2D eigenvalue weighted by molar-refractivity contribution is 5.88. The van der Waals surface area contributed by atoms with Crippen LogP contribution in [0, 0.1) is 6.92 Å². The number of amides is 2. The Labute approximate surface area is 194 Å². The number of nitrogens with one attached hydrogen (secondary N) is 2. The summed E-state index contributed by atoms with van der Waals surface area (Å²) in [5, 5.41) is 5.79. The summed E-state index contributed by atoms with van der Waals surface area (Å²) in [7, 11) is 0. The number of rotatable bonds is 8. The van der Waals surface area contributed by atoms with Crippen molar-refractivity contribution in [1.29, 1.82) is 0 Å². The normalized spacial score (nSPS) is 16.4. The molecule has 4 rings (SSSR count). The van der Waals surface area contributed by atoms with Crippen molar-refractivity contribution in [2.75, 3.05) is 19.6 Å². The molecule has 0 spiro atoms. The lowest BCUT2D eigenvalue weighted by Crippen LogP contribution is -2.57. The number of carbonyl (C=O) groups excluding carboxylic acids is 2. The number of aryl methyl sites for hydroxylation is 1. The average molecular weight is 444 g/mol. The molecule has 2 amide bonds. The van der Waals surface area contributed by atoms with E-state index in [1.807, 2.05) is 43.3 Å². The van der Waals surface area contributed by atoms with Gasteiger partial charge in [0.25, 0.3) is 0 Å². The van der Waals surface area contributed by atoms with Crippen molar-refractivity contribution < 1.29 is 9.59 Å². The average Bonchev–Trinajstić information content (AvgIpc) is 2.85. The Kier molecular flexibility index (Phi) is 7.42. The van der Waals surface area contributed by atoms with E-state index >= 15 is 0 Å². The Balaban J connectivity index is 1.47. The van der Waals surface area contributed by atoms with Crippen LogP contribution in [0.4, 0.5) is 0 Å². The summed E-state index contributed by atoms with van der Waals surface area (Å²) >= 11 is 0. The molecule has 1 aliphatic rings. The van der Waals surface area contributed by atoms with E-state index in [0.29, 0.717) is 25.3 Å². The Hall–Kier alpha value is -3.58. The van der Waals surface area contributed by atoms with Crippen LogP contribution in [0.25, 0.3) is 0 Å². The summed E-state index contributed by atoms with van der Waals surface area (Å²) in [5.74, 6) is -0.182. The molecular formula is C26H29N5O2. The molecule has 0 bridgehead atoms. The van der Waals surface area contributed by atoms with Crippen LogP contribution in [0.5, 0.6) is 0 Å². The lowest BCUT2D eigenvalue weighted by molar-refractivity contribution is -0.134. The minimum absolute atomic E-state index is 0.0986. The maximum atomic E-state index is 12.8. The number of hydrogen-bond donors (Lipinski definition) is 2. The van der Waals surface area contributed by atoms with Crippen molar-refractivity contribution in [2.45, 2.75) is 31.8 Å². The van der Waals surface area contributed by atoms with E-state index in [-0.39, 0.29) is 30.7 Å². The standard InChI is InChI=1S/C26H29N5O2/c1-19-15-29-22(16-28-19)17-30-25(32)14-24-26(33)27-12-13-31(24)18-23(20-8-4-2-5-9-20)21-10-6-3-7-11-21/h2-11,15-16,23-24H,12-14,17-18H2,1H3,(H,27,33)(H,30,32). The van der Waals surface area contributed by atoms with E-state index in [2.05, 4.69) is 49.8 Å². The number of piperazine rings is 1. The van der Waals surface area contributed by atoms with Gasteiger partial charge in [0.1, 0.15) is 0 Å². The van der Waals surface area contributed by atoms with Gasteiger partial charge < -0.3 is 10.6 Å². The second kappa shape index (κ2) is 10.8. The van der Waals surface area contributed by atoms with Crippen LogP contribution in [-0.4, -0.2) is 52.4 Å². The van der Waals surface area contributed by atoms with Crippen molar-refractivity contribution in [1.82, 2.24) is 25.5 Å². The van der Waals surface area contributed by atoms with E-state index in [1.54, 1.807) is 12.4 Å². The third-order valence-electron chi connectivity index (χ3n) is 5.94. The molecule has 1 unspecified atom stereocenters. The fourth-order valence-corrected chi connectivity index (χ4v) is 4.16. The first-order chi connectivity index (χ1) is 16.1. The Morgan fingerprint density at radius 2 is 1.73 bits per heavy atom. The Morgan fingerprint density at radius 1 is 1.06 bits per heavy atom. The largest absolute Gasteiger partial charge is 0.353 e. The van der Waals surface area contributed by atoms with Gasteiger partial charge in [0.05, 0.1) is 36.6 Å². The minimum atomic E-state index is -0.516. The van der Waals surface area contributed by atoms with Gasteiger partial charge in [-0.05, 0) is 18.1 Å². The third kappa shape index (κ3) is 6.02. The molecular weight excluding hydrogens is 414 g/mol. The Morgan fingerprint density at radius 3 is 2.33 bits per heavy atom. The fourth-order valence-electron chi connectivity index (χ4n) is 4.16. The number of nitrogens with zero attached hydrogens (tertiary/aromatic N) is 3. The molecule has 7 heteroatoms. The molecule has 1 aromatic heterocycles. The molecule has 0 aliphatic carbocycles. The quantitative estimate of drug-likeness (QED) is 0.558. The topological polar surface area (TPSA) is 87.2 Å². The van der Waals surface area contributed by atoms with Crippen LogP contribution in [-0.2, 0) is 16.1 Å². The zero-order chi connectivity index (χ0) is 23.0. The monoisotopic (exact) mass is 443 g/mol. The molecule has 2 aromatic carbocycles. The van der Waals surface area contributed by atoms with Crippen LogP contribution in [0.15, 0.2) is 73.1 Å². The minimum Gasteiger partial charge on any atom is -0.353 e. The van der Waals surface area contributed by atoms with Gasteiger partial charge in [-0.2, -0.15) is 0 Å². The van der Waals surface area contributed by atoms with E-state index in [4.69, 9.17) is 0 Å². The zero-order valence-electron chi connectivity index (χ0n) is 18.8. The first kappa shape index (κ1) is 22.6. The summed E-state index contributed by atoms with van der Waals surface area (Å²) in [5.41, 5.74) is 3.89. The lowest BCUT2D eigenvalue weighted by Gasteiger charge is -2.37. The van der Waals surface area contributed by atoms with Gasteiger partial charge >= 0.3 is 0 Å². The van der Waals surface area contributed by atoms with Crippen LogP contribution in [0.2, 0.25) is 0 Å². The summed E-state index contributed by atoms with van der Waals surface area (Å²) in [6.45, 7) is 4.08. The van der Waals surface area contributed by atoms with E-state index in [0.717, 1.165) is 5.69 Å². The molecule has 7 nitrogen and oxygen atoms in total. The molecule has 170 valence electrons. The van der Waals surface area contributed by atoms with E-state index in [1.165, 1.54) is 11.1 Å². The first-order valence-corrected chi connectivity index (χ1v) is 11.3. The first-order valence-electron chi connectivity index (χ1n) is 11.3. The van der Waals surface area contributed by atoms with Crippen molar-refractivity contribution in [3.05, 3.63) is 95.6 Å². The molecule has 0 radical (unpaired) electrons. The van der Waals surface area contributed by atoms with Gasteiger partial charge in [-0.3, -0.25) is 24.5 Å². The summed E-state index contributed by atoms with van der Waals surface area (Å²) < 4.78 is 0. The molecule has 1 atom stereocenters. The number of aromatic nitrogens is 2. The van der Waals surface area contributed by atoms with Crippen molar-refractivity contribution in [2.24, 2.45) is 0 Å². The van der Waals surface area contributed by atoms with Crippen LogP contribution >= 0.6 is 0 Å². The number of hydrogen-bond acceptors (Lipinski definition) is 5. The van der Waals surface area contributed by atoms with Gasteiger partial charge in [0.15, 0.2) is 0 Å². The smallest absolute Gasteiger partial charge is 0.237 e. The molecule has 33 heavy (non-hydrogen) atoms. The van der Waals surface area contributed by atoms with Crippen molar-refractivity contribution >= 4 is 11.8 Å². The molecule has 1 fully saturated rings. The SMILES string of the molecule is Cc1cnc(CNC(=O)CC2C(=O)NCCN2CC(c2ccccc2)c2ccccc2)cn1. The van der Waals surface area contributed by atoms with Gasteiger partial charge in [0.2, 0.25) is 11.8 Å². The number of carbonyl (C=O) groups is 2. The van der Waals surface area contributed by atoms with Crippen molar-refractivity contribution in [3.8, 4) is 0 Å². The third-order valence-corrected chi connectivity index (χ3v) is 5.94. The molecule has 2 N–H and O–H groups in total. The maximum absolute atomic E-state index is 12.8. The van der Waals surface area contributed by atoms with Gasteiger partial charge in [-0.15, -0.1) is 0 Å². The highest BCUT2D eigenvalue weighted by Gasteiger charge is 2.33.